The van der Waals surface area contributed by atoms with Crippen molar-refractivity contribution in [2.45, 2.75) is 30.1 Å². The molecule has 0 aromatic heterocycles. The first-order chi connectivity index (χ1) is 12.2. The van der Waals surface area contributed by atoms with Crippen LogP contribution in [0.4, 0.5) is 0 Å². The number of ether oxygens (including phenoxy) is 3. The first-order valence-electron chi connectivity index (χ1n) is 8.97. The number of thioether (sulfide) groups is 1. The van der Waals surface area contributed by atoms with E-state index in [1.807, 2.05) is 40.9 Å². The molecule has 0 radical (unpaired) electrons. The predicted octanol–water partition coefficient (Wildman–Crippen LogP) is 2.59. The van der Waals surface area contributed by atoms with E-state index >= 15 is 0 Å². The summed E-state index contributed by atoms with van der Waals surface area (Å²) in [5, 5.41) is 0. The third-order valence-corrected chi connectivity index (χ3v) is 6.75. The molecule has 6 heteroatoms. The molecule has 2 aliphatic heterocycles. The number of carbonyl (C=O) groups is 1. The van der Waals surface area contributed by atoms with E-state index in [1.165, 1.54) is 12.8 Å². The topological polar surface area (TPSA) is 48.0 Å². The van der Waals surface area contributed by atoms with Crippen LogP contribution in [0.5, 0.6) is 11.5 Å². The van der Waals surface area contributed by atoms with Gasteiger partial charge in [0, 0.05) is 25.4 Å². The van der Waals surface area contributed by atoms with Crippen molar-refractivity contribution in [3.63, 3.8) is 0 Å². The summed E-state index contributed by atoms with van der Waals surface area (Å²) < 4.78 is 17.1. The highest BCUT2D eigenvalue weighted by Gasteiger charge is 2.51. The number of benzene rings is 1. The van der Waals surface area contributed by atoms with Crippen molar-refractivity contribution < 1.29 is 19.0 Å². The lowest BCUT2D eigenvalue weighted by atomic mass is 9.93. The van der Waals surface area contributed by atoms with Gasteiger partial charge < -0.3 is 19.1 Å². The minimum atomic E-state index is 0.0412. The van der Waals surface area contributed by atoms with E-state index in [1.54, 1.807) is 7.11 Å². The molecule has 0 bridgehead atoms. The molecule has 1 atom stereocenters. The molecule has 1 spiro atoms. The Hall–Kier alpha value is -1.40. The molecule has 1 aromatic rings. The summed E-state index contributed by atoms with van der Waals surface area (Å²) in [6, 6.07) is 7.40. The maximum absolute atomic E-state index is 12.4. The van der Waals surface area contributed by atoms with Crippen LogP contribution >= 0.6 is 11.8 Å². The average molecular weight is 363 g/mol. The van der Waals surface area contributed by atoms with E-state index in [4.69, 9.17) is 14.2 Å². The molecule has 2 heterocycles. The van der Waals surface area contributed by atoms with Crippen molar-refractivity contribution >= 4 is 17.7 Å². The highest BCUT2D eigenvalue weighted by Crippen LogP contribution is 2.46. The molecule has 1 amide bonds. The van der Waals surface area contributed by atoms with E-state index in [0.29, 0.717) is 17.6 Å². The van der Waals surface area contributed by atoms with Crippen molar-refractivity contribution in [2.24, 2.45) is 5.92 Å². The van der Waals surface area contributed by atoms with Gasteiger partial charge in [-0.25, -0.2) is 0 Å². The van der Waals surface area contributed by atoms with Crippen LogP contribution in [-0.2, 0) is 9.53 Å². The van der Waals surface area contributed by atoms with Gasteiger partial charge in [0.25, 0.3) is 5.91 Å². The van der Waals surface area contributed by atoms with Gasteiger partial charge in [-0.15, -0.1) is 11.8 Å². The Morgan fingerprint density at radius 1 is 1.28 bits per heavy atom. The van der Waals surface area contributed by atoms with Crippen molar-refractivity contribution in [2.75, 3.05) is 39.2 Å². The lowest BCUT2D eigenvalue weighted by Crippen LogP contribution is -2.61. The molecule has 3 fully saturated rings. The predicted molar refractivity (Wildman–Crippen MR) is 97.3 cm³/mol. The Kier molecular flexibility index (Phi) is 4.82. The lowest BCUT2D eigenvalue weighted by molar-refractivity contribution is -0.139. The van der Waals surface area contributed by atoms with Crippen LogP contribution in [0.3, 0.4) is 0 Å². The van der Waals surface area contributed by atoms with Gasteiger partial charge >= 0.3 is 0 Å². The third-order valence-electron chi connectivity index (χ3n) is 5.17. The molecule has 1 saturated carbocycles. The summed E-state index contributed by atoms with van der Waals surface area (Å²) in [4.78, 5) is 14.3. The van der Waals surface area contributed by atoms with Gasteiger partial charge in [-0.2, -0.15) is 0 Å². The highest BCUT2D eigenvalue weighted by atomic mass is 32.2. The maximum Gasteiger partial charge on any atom is 0.260 e. The van der Waals surface area contributed by atoms with Gasteiger partial charge in [-0.05, 0) is 37.3 Å². The van der Waals surface area contributed by atoms with Gasteiger partial charge in [0.1, 0.15) is 0 Å². The number of nitrogens with zero attached hydrogens (tertiary/aromatic N) is 1. The first kappa shape index (κ1) is 17.0. The zero-order valence-corrected chi connectivity index (χ0v) is 15.4. The molecule has 1 unspecified atom stereocenters. The summed E-state index contributed by atoms with van der Waals surface area (Å²) in [5.74, 6) is 3.18. The normalized spacial score (nSPS) is 24.2. The molecule has 1 aliphatic carbocycles. The number of amides is 1. The van der Waals surface area contributed by atoms with Crippen LogP contribution in [-0.4, -0.2) is 60.8 Å². The van der Waals surface area contributed by atoms with Crippen molar-refractivity contribution in [1.82, 2.24) is 4.90 Å². The van der Waals surface area contributed by atoms with Crippen molar-refractivity contribution in [3.05, 3.63) is 24.3 Å². The number of carbonyl (C=O) groups excluding carboxylic acids is 1. The van der Waals surface area contributed by atoms with E-state index < -0.39 is 0 Å². The molecule has 0 N–H and O–H groups in total. The van der Waals surface area contributed by atoms with Crippen LogP contribution in [0, 0.1) is 5.92 Å². The largest absolute Gasteiger partial charge is 0.493 e. The number of hydrogen-bond donors (Lipinski definition) is 0. The number of hydrogen-bond acceptors (Lipinski definition) is 5. The lowest BCUT2D eigenvalue weighted by Gasteiger charge is -2.47. The van der Waals surface area contributed by atoms with Crippen molar-refractivity contribution in [1.29, 1.82) is 0 Å². The van der Waals surface area contributed by atoms with Gasteiger partial charge in [0.2, 0.25) is 0 Å². The van der Waals surface area contributed by atoms with Crippen LogP contribution < -0.4 is 9.47 Å². The van der Waals surface area contributed by atoms with E-state index in [9.17, 15) is 4.79 Å². The highest BCUT2D eigenvalue weighted by molar-refractivity contribution is 8.01. The van der Waals surface area contributed by atoms with E-state index in [0.717, 1.165) is 37.8 Å². The Bertz CT molecular complexity index is 628. The second-order valence-electron chi connectivity index (χ2n) is 7.29. The molecule has 2 saturated heterocycles. The molecule has 4 rings (SSSR count). The average Bonchev–Trinajstić information content (AvgIpc) is 3.34. The molecular formula is C19H25NO4S. The number of para-hydroxylation sites is 2. The standard InChI is InChI=1S/C19H25NO4S/c1-22-16-4-2-3-5-17(16)24-10-18(21)20-12-19(13-20)8-15(11-25-19)23-9-14-6-7-14/h2-5,14-15H,6-13H2,1H3. The zero-order valence-electron chi connectivity index (χ0n) is 14.6. The molecule has 3 aliphatic rings. The summed E-state index contributed by atoms with van der Waals surface area (Å²) >= 11 is 1.97. The molecule has 1 aromatic carbocycles. The third kappa shape index (κ3) is 3.90. The minimum absolute atomic E-state index is 0.0412. The number of methoxy groups -OCH3 is 1. The Morgan fingerprint density at radius 3 is 2.76 bits per heavy atom. The smallest absolute Gasteiger partial charge is 0.260 e. The summed E-state index contributed by atoms with van der Waals surface area (Å²) in [6.45, 7) is 2.61. The van der Waals surface area contributed by atoms with Crippen LogP contribution in [0.2, 0.25) is 0 Å². The summed E-state index contributed by atoms with van der Waals surface area (Å²) in [6.07, 6.45) is 4.10. The van der Waals surface area contributed by atoms with Crippen LogP contribution in [0.25, 0.3) is 0 Å². The molecule has 25 heavy (non-hydrogen) atoms. The fraction of sp³-hybridized carbons (Fsp3) is 0.632. The zero-order chi connectivity index (χ0) is 17.3. The summed E-state index contributed by atoms with van der Waals surface area (Å²) in [5.41, 5.74) is 0. The monoisotopic (exact) mass is 363 g/mol. The van der Waals surface area contributed by atoms with Crippen molar-refractivity contribution in [3.8, 4) is 11.5 Å². The van der Waals surface area contributed by atoms with Gasteiger partial charge in [0.15, 0.2) is 18.1 Å². The van der Waals surface area contributed by atoms with E-state index in [-0.39, 0.29) is 17.3 Å². The number of likely N-dealkylation sites (tertiary alicyclic amines) is 1. The fourth-order valence-corrected chi connectivity index (χ4v) is 5.03. The van der Waals surface area contributed by atoms with Gasteiger partial charge in [-0.1, -0.05) is 12.1 Å². The Balaban J connectivity index is 1.21. The molecule has 5 nitrogen and oxygen atoms in total. The second-order valence-corrected chi connectivity index (χ2v) is 8.77. The van der Waals surface area contributed by atoms with E-state index in [2.05, 4.69) is 0 Å². The Labute approximate surface area is 153 Å². The number of rotatable bonds is 7. The second kappa shape index (κ2) is 7.08. The fourth-order valence-electron chi connectivity index (χ4n) is 3.48. The molecular weight excluding hydrogens is 338 g/mol. The Morgan fingerprint density at radius 2 is 2.04 bits per heavy atom. The SMILES string of the molecule is COc1ccccc1OCC(=O)N1CC2(CC(OCC3CC3)CS2)C1. The van der Waals surface area contributed by atoms with Crippen LogP contribution in [0.15, 0.2) is 24.3 Å². The van der Waals surface area contributed by atoms with Gasteiger partial charge in [-0.3, -0.25) is 4.79 Å². The van der Waals surface area contributed by atoms with Crippen LogP contribution in [0.1, 0.15) is 19.3 Å². The first-order valence-corrected chi connectivity index (χ1v) is 9.95. The quantitative estimate of drug-likeness (QED) is 0.745. The van der Waals surface area contributed by atoms with Gasteiger partial charge in [0.05, 0.1) is 18.0 Å². The maximum atomic E-state index is 12.4. The molecule has 136 valence electrons. The summed E-state index contributed by atoms with van der Waals surface area (Å²) in [7, 11) is 1.60. The minimum Gasteiger partial charge on any atom is -0.493 e.